The first-order valence-electron chi connectivity index (χ1n) is 13.5. The van der Waals surface area contributed by atoms with Gasteiger partial charge in [-0.3, -0.25) is 4.79 Å². The van der Waals surface area contributed by atoms with Crippen molar-refractivity contribution in [3.8, 4) is 0 Å². The summed E-state index contributed by atoms with van der Waals surface area (Å²) in [6.45, 7) is -24.5. The summed E-state index contributed by atoms with van der Waals surface area (Å²) >= 11 is 0. The van der Waals surface area contributed by atoms with Crippen molar-refractivity contribution in [1.82, 2.24) is 0 Å². The number of carbonyl (C=O) groups is 1. The smallest absolute Gasteiger partial charge is 0.321 e. The minimum atomic E-state index is -4.20. The van der Waals surface area contributed by atoms with E-state index in [0.29, 0.717) is 0 Å². The third kappa shape index (κ3) is 6.76. The molecule has 15 N–H and O–H groups in total. The first-order valence-corrected chi connectivity index (χ1v) is 13.5. The molecule has 0 aromatic rings. The second-order valence-corrected chi connectivity index (χ2v) is 9.85. The van der Waals surface area contributed by atoms with E-state index in [1.54, 1.807) is 0 Å². The van der Waals surface area contributed by atoms with Crippen LogP contribution in [0.1, 0.15) is 6.92 Å². The molecule has 0 heterocycles. The Morgan fingerprint density at radius 2 is 0.761 bits per heavy atom. The molecule has 0 atom stereocenters. The molecule has 0 rings (SSSR count). The zero-order valence-electron chi connectivity index (χ0n) is 25.2. The van der Waals surface area contributed by atoms with E-state index in [1.165, 1.54) is 0 Å². The van der Waals surface area contributed by atoms with Crippen molar-refractivity contribution in [1.29, 1.82) is 0 Å². The Kier molecular flexibility index (Phi) is 18.5. The molecule has 46 heavy (non-hydrogen) atoms. The topological polar surface area (TPSA) is 376 Å². The predicted octanol–water partition coefficient (Wildman–Crippen LogP) is -9.28. The summed E-state index contributed by atoms with van der Waals surface area (Å²) < 4.78 is 31.9. The molecule has 22 nitrogen and oxygen atoms in total. The van der Waals surface area contributed by atoms with Crippen LogP contribution in [0.25, 0.3) is 0 Å². The number of hydrogen-bond donors (Lipinski definition) is 15. The molecule has 0 saturated heterocycles. The predicted molar refractivity (Wildman–Crippen MR) is 142 cm³/mol. The second-order valence-electron chi connectivity index (χ2n) is 9.85. The Balaban J connectivity index is 10.2. The highest BCUT2D eigenvalue weighted by molar-refractivity contribution is 5.84. The molecule has 0 aromatic heterocycles. The third-order valence-electron chi connectivity index (χ3n) is 8.00. The Morgan fingerprint density at radius 1 is 0.478 bits per heavy atom. The van der Waals surface area contributed by atoms with Crippen LogP contribution in [0.5, 0.6) is 0 Å². The maximum Gasteiger partial charge on any atom is 0.321 e. The molecule has 0 radical (unpaired) electrons. The van der Waals surface area contributed by atoms with Gasteiger partial charge in [0, 0.05) is 0 Å². The van der Waals surface area contributed by atoms with Crippen LogP contribution in [0.4, 0.5) is 0 Å². The molecule has 0 spiro atoms. The molecule has 0 aliphatic heterocycles. The van der Waals surface area contributed by atoms with Crippen molar-refractivity contribution < 1.29 is 110 Å². The highest BCUT2D eigenvalue weighted by atomic mass is 16.7. The lowest BCUT2D eigenvalue weighted by Crippen LogP contribution is -2.93. The molecule has 0 saturated carbocycles. The minimum Gasteiger partial charge on any atom is -0.465 e. The van der Waals surface area contributed by atoms with E-state index in [1.807, 2.05) is 0 Å². The van der Waals surface area contributed by atoms with Crippen LogP contribution in [0, 0.1) is 5.41 Å². The Bertz CT molecular complexity index is 807. The Labute approximate surface area is 262 Å². The quantitative estimate of drug-likeness (QED) is 0.0281. The van der Waals surface area contributed by atoms with Gasteiger partial charge in [0.2, 0.25) is 5.79 Å². The van der Waals surface area contributed by atoms with Crippen molar-refractivity contribution in [3.05, 3.63) is 0 Å². The van der Waals surface area contributed by atoms with Gasteiger partial charge in [0.15, 0.2) is 22.2 Å². The highest BCUT2D eigenvalue weighted by Gasteiger charge is 2.89. The van der Waals surface area contributed by atoms with Gasteiger partial charge in [-0.2, -0.15) is 0 Å². The van der Waals surface area contributed by atoms with Gasteiger partial charge >= 0.3 is 5.97 Å². The van der Waals surface area contributed by atoms with Gasteiger partial charge in [0.05, 0.1) is 72.7 Å². The molecular weight excluding hydrogens is 640 g/mol. The standard InChI is InChI=1S/C24H48O22/c1-2-41-17(39)23(18(3-25,4-26)42-13-35,19(5-27,6-28)43-14-36)24(46-22(40,11-33)12-34,20(7-29,8-30)44-15-37)21(9-31,10-32)45-16-38/h25-38,40H,2-16H2,1H3. The van der Waals surface area contributed by atoms with Crippen LogP contribution in [0.15, 0.2) is 0 Å². The third-order valence-corrected chi connectivity index (χ3v) is 8.00. The molecular formula is C24H48O22. The average Bonchev–Trinajstić information content (AvgIpc) is 3.08. The summed E-state index contributed by atoms with van der Waals surface area (Å²) in [6.07, 6.45) is 0. The fourth-order valence-corrected chi connectivity index (χ4v) is 5.97. The first kappa shape index (κ1) is 44.7. The Morgan fingerprint density at radius 3 is 0.978 bits per heavy atom. The summed E-state index contributed by atoms with van der Waals surface area (Å²) in [5.74, 6) is -5.69. The van der Waals surface area contributed by atoms with Gasteiger partial charge in [-0.1, -0.05) is 0 Å². The van der Waals surface area contributed by atoms with Gasteiger partial charge in [-0.05, 0) is 6.92 Å². The zero-order chi connectivity index (χ0) is 35.9. The number of aliphatic hydroxyl groups excluding tert-OH is 14. The maximum absolute atomic E-state index is 14.8. The highest BCUT2D eigenvalue weighted by Crippen LogP contribution is 2.64. The fourth-order valence-electron chi connectivity index (χ4n) is 5.97. The first-order chi connectivity index (χ1) is 21.8. The van der Waals surface area contributed by atoms with Gasteiger partial charge < -0.3 is 105 Å². The second kappa shape index (κ2) is 19.0. The molecule has 0 aromatic carbocycles. The number of rotatable bonds is 27. The lowest BCUT2D eigenvalue weighted by atomic mass is 9.44. The molecule has 0 unspecified atom stereocenters. The summed E-state index contributed by atoms with van der Waals surface area (Å²) in [7, 11) is 0. The van der Waals surface area contributed by atoms with Gasteiger partial charge in [-0.15, -0.1) is 0 Å². The van der Waals surface area contributed by atoms with Crippen LogP contribution in [-0.4, -0.2) is 216 Å². The minimum absolute atomic E-state index is 0.753. The average molecular weight is 689 g/mol. The lowest BCUT2D eigenvalue weighted by Gasteiger charge is -2.70. The fraction of sp³-hybridized carbons (Fsp3) is 0.958. The van der Waals surface area contributed by atoms with E-state index in [0.717, 1.165) is 6.92 Å². The Hall–Kier alpha value is -1.33. The van der Waals surface area contributed by atoms with Gasteiger partial charge in [-0.25, -0.2) is 0 Å². The normalized spacial score (nSPS) is 14.2. The lowest BCUT2D eigenvalue weighted by molar-refractivity contribution is -0.463. The maximum atomic E-state index is 14.8. The molecule has 0 aliphatic rings. The molecule has 276 valence electrons. The van der Waals surface area contributed by atoms with Crippen molar-refractivity contribution in [2.24, 2.45) is 5.41 Å². The van der Waals surface area contributed by atoms with E-state index in [4.69, 9.17) is 28.4 Å². The summed E-state index contributed by atoms with van der Waals surface area (Å²) in [5, 5.41) is 159. The van der Waals surface area contributed by atoms with Crippen molar-refractivity contribution >= 4 is 5.97 Å². The summed E-state index contributed by atoms with van der Waals surface area (Å²) in [6, 6.07) is 0. The molecule has 22 heteroatoms. The van der Waals surface area contributed by atoms with E-state index in [2.05, 4.69) is 0 Å². The molecule has 0 amide bonds. The number of aliphatic hydroxyl groups is 15. The van der Waals surface area contributed by atoms with E-state index in [9.17, 15) is 81.4 Å². The van der Waals surface area contributed by atoms with E-state index < -0.39 is 145 Å². The number of carbonyl (C=O) groups excluding carboxylic acids is 1. The van der Waals surface area contributed by atoms with Crippen molar-refractivity contribution in [2.45, 2.75) is 40.7 Å². The molecule has 0 aliphatic carbocycles. The zero-order valence-corrected chi connectivity index (χ0v) is 25.2. The van der Waals surface area contributed by atoms with Crippen LogP contribution in [0.3, 0.4) is 0 Å². The van der Waals surface area contributed by atoms with E-state index >= 15 is 0 Å². The van der Waals surface area contributed by atoms with Crippen LogP contribution in [-0.2, 0) is 33.2 Å². The monoisotopic (exact) mass is 688 g/mol. The number of ether oxygens (including phenoxy) is 6. The molecule has 0 fully saturated rings. The van der Waals surface area contributed by atoms with Crippen LogP contribution >= 0.6 is 0 Å². The van der Waals surface area contributed by atoms with Crippen molar-refractivity contribution in [2.75, 3.05) is 99.8 Å². The number of esters is 1. The SMILES string of the molecule is CCOC(=O)C(C(CO)(CO)OCO)(C(CO)(CO)OCO)C(OC(O)(CO)CO)(C(CO)(CO)OCO)C(CO)(CO)OCO. The largest absolute Gasteiger partial charge is 0.465 e. The summed E-state index contributed by atoms with van der Waals surface area (Å²) in [5.41, 5.74) is -22.5. The van der Waals surface area contributed by atoms with E-state index in [-0.39, 0.29) is 0 Å². The van der Waals surface area contributed by atoms with Crippen LogP contribution in [0.2, 0.25) is 0 Å². The van der Waals surface area contributed by atoms with Gasteiger partial charge in [0.1, 0.15) is 38.4 Å². The van der Waals surface area contributed by atoms with Crippen LogP contribution < -0.4 is 0 Å². The van der Waals surface area contributed by atoms with Gasteiger partial charge in [0.25, 0.3) is 0 Å². The summed E-state index contributed by atoms with van der Waals surface area (Å²) in [4.78, 5) is 14.8. The van der Waals surface area contributed by atoms with Crippen molar-refractivity contribution in [3.63, 3.8) is 0 Å². The molecule has 0 bridgehead atoms. The number of hydrogen-bond acceptors (Lipinski definition) is 22.